The molecule has 0 aliphatic heterocycles. The molecule has 0 fully saturated rings. The lowest BCUT2D eigenvalue weighted by Gasteiger charge is -2.06. The van der Waals surface area contributed by atoms with Crippen LogP contribution >= 0.6 is 0 Å². The molecule has 0 bridgehead atoms. The van der Waals surface area contributed by atoms with Crippen LogP contribution in [0.5, 0.6) is 5.75 Å². The monoisotopic (exact) mass is 233 g/mol. The maximum Gasteiger partial charge on any atom is 0.164 e. The molecule has 0 aliphatic rings. The Hall–Kier alpha value is -1.61. The average molecular weight is 233 g/mol. The van der Waals surface area contributed by atoms with Crippen molar-refractivity contribution in [3.63, 3.8) is 0 Å². The normalized spacial score (nSPS) is 10.0. The third-order valence-corrected chi connectivity index (χ3v) is 2.26. The van der Waals surface area contributed by atoms with Gasteiger partial charge in [-0.3, -0.25) is 4.79 Å². The number of hydrogen-bond acceptors (Lipinski definition) is 3. The molecule has 1 rings (SSSR count). The molecule has 3 heteroatoms. The van der Waals surface area contributed by atoms with E-state index < -0.39 is 0 Å². The van der Waals surface area contributed by atoms with Gasteiger partial charge in [-0.2, -0.15) is 0 Å². The number of ketones is 1. The Labute approximate surface area is 102 Å². The fraction of sp³-hybridized carbons (Fsp3) is 0.357. The second-order valence-electron chi connectivity index (χ2n) is 4.05. The third kappa shape index (κ3) is 4.83. The smallest absolute Gasteiger partial charge is 0.164 e. The van der Waals surface area contributed by atoms with Crippen LogP contribution in [0.15, 0.2) is 36.4 Å². The van der Waals surface area contributed by atoms with E-state index in [1.807, 2.05) is 26.1 Å². The predicted molar refractivity (Wildman–Crippen MR) is 69.6 cm³/mol. The van der Waals surface area contributed by atoms with Gasteiger partial charge in [-0.05, 0) is 43.8 Å². The van der Waals surface area contributed by atoms with E-state index in [1.54, 1.807) is 12.1 Å². The number of carbonyl (C=O) groups is 1. The van der Waals surface area contributed by atoms with Crippen LogP contribution < -0.4 is 10.1 Å². The molecule has 17 heavy (non-hydrogen) atoms. The van der Waals surface area contributed by atoms with E-state index in [1.165, 1.54) is 0 Å². The average Bonchev–Trinajstić information content (AvgIpc) is 2.34. The summed E-state index contributed by atoms with van der Waals surface area (Å²) in [5.74, 6) is 0.906. The topological polar surface area (TPSA) is 38.3 Å². The minimum absolute atomic E-state index is 0.144. The lowest BCUT2D eigenvalue weighted by Crippen LogP contribution is -2.12. The summed E-state index contributed by atoms with van der Waals surface area (Å²) in [6.07, 6.45) is 0.516. The predicted octanol–water partition coefficient (Wildman–Crippen LogP) is 2.43. The molecule has 1 N–H and O–H groups in total. The molecule has 0 spiro atoms. The van der Waals surface area contributed by atoms with Gasteiger partial charge in [0.15, 0.2) is 5.78 Å². The highest BCUT2D eigenvalue weighted by molar-refractivity contribution is 5.96. The second kappa shape index (κ2) is 6.86. The summed E-state index contributed by atoms with van der Waals surface area (Å²) in [7, 11) is 1.84. The summed E-state index contributed by atoms with van der Waals surface area (Å²) >= 11 is 0. The SMILES string of the molecule is C=C(C)COc1ccc(C(=O)CCNC)cc1. The van der Waals surface area contributed by atoms with Crippen molar-refractivity contribution in [3.05, 3.63) is 42.0 Å². The Balaban J connectivity index is 2.55. The minimum atomic E-state index is 0.144. The van der Waals surface area contributed by atoms with Crippen molar-refractivity contribution >= 4 is 5.78 Å². The van der Waals surface area contributed by atoms with Gasteiger partial charge in [0.05, 0.1) is 0 Å². The van der Waals surface area contributed by atoms with Crippen LogP contribution in [0.3, 0.4) is 0 Å². The number of ether oxygens (including phenoxy) is 1. The molecule has 92 valence electrons. The van der Waals surface area contributed by atoms with Gasteiger partial charge in [0.1, 0.15) is 12.4 Å². The van der Waals surface area contributed by atoms with Crippen LogP contribution in [0.1, 0.15) is 23.7 Å². The van der Waals surface area contributed by atoms with Crippen molar-refractivity contribution in [2.45, 2.75) is 13.3 Å². The molecule has 0 heterocycles. The van der Waals surface area contributed by atoms with E-state index in [0.29, 0.717) is 19.6 Å². The lowest BCUT2D eigenvalue weighted by molar-refractivity contribution is 0.0983. The number of benzene rings is 1. The van der Waals surface area contributed by atoms with Crippen LogP contribution in [-0.2, 0) is 0 Å². The molecule has 0 saturated carbocycles. The Morgan fingerprint density at radius 1 is 1.35 bits per heavy atom. The maximum absolute atomic E-state index is 11.7. The summed E-state index contributed by atoms with van der Waals surface area (Å²) < 4.78 is 5.46. The molecule has 0 aliphatic carbocycles. The first-order valence-corrected chi connectivity index (χ1v) is 5.68. The molecule has 3 nitrogen and oxygen atoms in total. The summed E-state index contributed by atoms with van der Waals surface area (Å²) in [4.78, 5) is 11.7. The van der Waals surface area contributed by atoms with E-state index in [4.69, 9.17) is 4.74 Å². The van der Waals surface area contributed by atoms with Crippen LogP contribution in [0.25, 0.3) is 0 Å². The molecule has 0 aromatic heterocycles. The highest BCUT2D eigenvalue weighted by atomic mass is 16.5. The fourth-order valence-electron chi connectivity index (χ4n) is 1.33. The minimum Gasteiger partial charge on any atom is -0.489 e. The summed E-state index contributed by atoms with van der Waals surface area (Å²) in [5.41, 5.74) is 1.70. The van der Waals surface area contributed by atoms with Gasteiger partial charge in [-0.1, -0.05) is 6.58 Å². The molecular formula is C14H19NO2. The zero-order chi connectivity index (χ0) is 12.7. The van der Waals surface area contributed by atoms with E-state index in [-0.39, 0.29) is 5.78 Å². The van der Waals surface area contributed by atoms with E-state index in [0.717, 1.165) is 16.9 Å². The first-order valence-electron chi connectivity index (χ1n) is 5.68. The standard InChI is InChI=1S/C14H19NO2/c1-11(2)10-17-13-6-4-12(5-7-13)14(16)8-9-15-3/h4-7,15H,1,8-10H2,2-3H3. The zero-order valence-corrected chi connectivity index (χ0v) is 10.5. The molecule has 0 radical (unpaired) electrons. The first kappa shape index (κ1) is 13.5. The van der Waals surface area contributed by atoms with Crippen molar-refractivity contribution in [3.8, 4) is 5.75 Å². The van der Waals surface area contributed by atoms with Crippen molar-refractivity contribution in [1.82, 2.24) is 5.32 Å². The Morgan fingerprint density at radius 3 is 2.53 bits per heavy atom. The van der Waals surface area contributed by atoms with Crippen LogP contribution in [0, 0.1) is 0 Å². The number of rotatable bonds is 7. The van der Waals surface area contributed by atoms with Gasteiger partial charge in [0, 0.05) is 18.5 Å². The van der Waals surface area contributed by atoms with Crippen LogP contribution in [0.2, 0.25) is 0 Å². The van der Waals surface area contributed by atoms with Gasteiger partial charge < -0.3 is 10.1 Å². The van der Waals surface area contributed by atoms with E-state index >= 15 is 0 Å². The van der Waals surface area contributed by atoms with E-state index in [2.05, 4.69) is 11.9 Å². The summed E-state index contributed by atoms with van der Waals surface area (Å²) in [6, 6.07) is 7.22. The van der Waals surface area contributed by atoms with Gasteiger partial charge in [-0.15, -0.1) is 0 Å². The van der Waals surface area contributed by atoms with Crippen molar-refractivity contribution in [2.24, 2.45) is 0 Å². The number of Topliss-reactive ketones (excluding diaryl/α,β-unsaturated/α-hetero) is 1. The largest absolute Gasteiger partial charge is 0.489 e. The first-order chi connectivity index (χ1) is 8.13. The Morgan fingerprint density at radius 2 is 2.00 bits per heavy atom. The number of carbonyl (C=O) groups excluding carboxylic acids is 1. The van der Waals surface area contributed by atoms with Gasteiger partial charge in [0.25, 0.3) is 0 Å². The van der Waals surface area contributed by atoms with Gasteiger partial charge in [-0.25, -0.2) is 0 Å². The Kier molecular flexibility index (Phi) is 5.43. The summed E-state index contributed by atoms with van der Waals surface area (Å²) in [5, 5.41) is 2.96. The molecule has 0 amide bonds. The van der Waals surface area contributed by atoms with E-state index in [9.17, 15) is 4.79 Å². The molecular weight excluding hydrogens is 214 g/mol. The second-order valence-corrected chi connectivity index (χ2v) is 4.05. The van der Waals surface area contributed by atoms with Crippen molar-refractivity contribution in [2.75, 3.05) is 20.2 Å². The third-order valence-electron chi connectivity index (χ3n) is 2.26. The fourth-order valence-corrected chi connectivity index (χ4v) is 1.33. The quantitative estimate of drug-likeness (QED) is 0.580. The Bertz CT molecular complexity index is 382. The molecule has 0 saturated heterocycles. The van der Waals surface area contributed by atoms with Crippen molar-refractivity contribution < 1.29 is 9.53 Å². The molecule has 1 aromatic carbocycles. The highest BCUT2D eigenvalue weighted by Crippen LogP contribution is 2.14. The highest BCUT2D eigenvalue weighted by Gasteiger charge is 2.04. The molecule has 0 atom stereocenters. The maximum atomic E-state index is 11.7. The van der Waals surface area contributed by atoms with Gasteiger partial charge in [0.2, 0.25) is 0 Å². The van der Waals surface area contributed by atoms with Crippen molar-refractivity contribution in [1.29, 1.82) is 0 Å². The molecule has 0 unspecified atom stereocenters. The zero-order valence-electron chi connectivity index (χ0n) is 10.5. The van der Waals surface area contributed by atoms with Gasteiger partial charge >= 0.3 is 0 Å². The molecule has 1 aromatic rings. The lowest BCUT2D eigenvalue weighted by atomic mass is 10.1. The number of nitrogens with one attached hydrogen (secondary N) is 1. The number of hydrogen-bond donors (Lipinski definition) is 1. The van der Waals surface area contributed by atoms with Crippen LogP contribution in [0.4, 0.5) is 0 Å². The summed E-state index contributed by atoms with van der Waals surface area (Å²) in [6.45, 7) is 6.88. The van der Waals surface area contributed by atoms with Crippen LogP contribution in [-0.4, -0.2) is 26.0 Å².